The van der Waals surface area contributed by atoms with Gasteiger partial charge in [-0.1, -0.05) is 44.0 Å². The van der Waals surface area contributed by atoms with Gasteiger partial charge in [0.1, 0.15) is 23.9 Å². The van der Waals surface area contributed by atoms with Crippen LogP contribution in [0.2, 0.25) is 0 Å². The summed E-state index contributed by atoms with van der Waals surface area (Å²) in [6.07, 6.45) is 5.32. The lowest BCUT2D eigenvalue weighted by atomic mass is 9.91. The lowest BCUT2D eigenvalue weighted by Gasteiger charge is -2.30. The lowest BCUT2D eigenvalue weighted by molar-refractivity contribution is 0.214. The first-order valence-corrected chi connectivity index (χ1v) is 12.9. The number of anilines is 1. The van der Waals surface area contributed by atoms with Crippen molar-refractivity contribution in [1.29, 1.82) is 0 Å². The van der Waals surface area contributed by atoms with Crippen LogP contribution in [0.3, 0.4) is 0 Å². The minimum Gasteiger partial charge on any atom is -0.508 e. The monoisotopic (exact) mass is 472 g/mol. The maximum absolute atomic E-state index is 10.1. The third-order valence-corrected chi connectivity index (χ3v) is 7.51. The van der Waals surface area contributed by atoms with Crippen LogP contribution in [0.4, 0.5) is 5.69 Å². The molecule has 35 heavy (non-hydrogen) atoms. The van der Waals surface area contributed by atoms with Crippen LogP contribution < -0.4 is 9.64 Å². The molecule has 0 saturated carbocycles. The zero-order valence-corrected chi connectivity index (χ0v) is 20.6. The Kier molecular flexibility index (Phi) is 7.14. The fourth-order valence-electron chi connectivity index (χ4n) is 5.62. The highest BCUT2D eigenvalue weighted by Gasteiger charge is 2.37. The minimum atomic E-state index is 0.122. The molecule has 5 heteroatoms. The number of aromatic hydroxyl groups is 2. The second-order valence-electron chi connectivity index (χ2n) is 9.94. The van der Waals surface area contributed by atoms with E-state index in [4.69, 9.17) is 4.74 Å². The third-order valence-electron chi connectivity index (χ3n) is 7.51. The maximum Gasteiger partial charge on any atom is 0.119 e. The Hall–Kier alpha value is -3.18. The Morgan fingerprint density at radius 2 is 1.51 bits per heavy atom. The van der Waals surface area contributed by atoms with Gasteiger partial charge < -0.3 is 19.8 Å². The molecule has 1 fully saturated rings. The van der Waals surface area contributed by atoms with Crippen molar-refractivity contribution in [3.05, 3.63) is 83.4 Å². The normalized spacial score (nSPS) is 20.4. The fourth-order valence-corrected chi connectivity index (χ4v) is 5.62. The SMILES string of the molecule is CC1c2cc(O)ccc2N(Cc2ccc(OCCN3CCCCCC3)cc2)C1c1ccc(O)cc1. The van der Waals surface area contributed by atoms with E-state index in [0.717, 1.165) is 42.3 Å². The Bertz CT molecular complexity index is 1110. The molecule has 2 unspecified atom stereocenters. The number of rotatable bonds is 7. The second-order valence-corrected chi connectivity index (χ2v) is 9.94. The number of fused-ring (bicyclic) bond motifs is 1. The molecule has 0 aliphatic carbocycles. The van der Waals surface area contributed by atoms with Gasteiger partial charge in [-0.3, -0.25) is 4.90 Å². The molecule has 184 valence electrons. The average Bonchev–Trinajstić information content (AvgIpc) is 3.01. The van der Waals surface area contributed by atoms with Crippen LogP contribution in [0.5, 0.6) is 17.2 Å². The van der Waals surface area contributed by atoms with Gasteiger partial charge in [-0.05, 0) is 85.1 Å². The number of hydrogen-bond acceptors (Lipinski definition) is 5. The molecule has 0 spiro atoms. The van der Waals surface area contributed by atoms with Crippen molar-refractivity contribution in [2.45, 2.75) is 51.1 Å². The van der Waals surface area contributed by atoms with Crippen molar-refractivity contribution in [1.82, 2.24) is 4.90 Å². The van der Waals surface area contributed by atoms with Crippen molar-refractivity contribution in [3.8, 4) is 17.2 Å². The summed E-state index contributed by atoms with van der Waals surface area (Å²) in [4.78, 5) is 4.93. The molecule has 0 bridgehead atoms. The molecular weight excluding hydrogens is 436 g/mol. The van der Waals surface area contributed by atoms with Gasteiger partial charge in [-0.15, -0.1) is 0 Å². The first-order valence-electron chi connectivity index (χ1n) is 12.9. The number of phenolic OH excluding ortho intramolecular Hbond substituents is 2. The molecule has 5 rings (SSSR count). The largest absolute Gasteiger partial charge is 0.508 e. The number of ether oxygens (including phenoxy) is 1. The van der Waals surface area contributed by atoms with Crippen LogP contribution in [0, 0.1) is 0 Å². The van der Waals surface area contributed by atoms with E-state index in [9.17, 15) is 10.2 Å². The Morgan fingerprint density at radius 1 is 0.829 bits per heavy atom. The molecule has 2 aliphatic rings. The second kappa shape index (κ2) is 10.6. The summed E-state index contributed by atoms with van der Waals surface area (Å²) in [5, 5.41) is 19.9. The van der Waals surface area contributed by atoms with Crippen LogP contribution in [0.25, 0.3) is 0 Å². The quantitative estimate of drug-likeness (QED) is 0.428. The van der Waals surface area contributed by atoms with Gasteiger partial charge >= 0.3 is 0 Å². The van der Waals surface area contributed by atoms with E-state index in [1.807, 2.05) is 24.3 Å². The number of nitrogens with zero attached hydrogens (tertiary/aromatic N) is 2. The van der Waals surface area contributed by atoms with Crippen molar-refractivity contribution in [2.24, 2.45) is 0 Å². The molecule has 0 radical (unpaired) electrons. The molecule has 5 nitrogen and oxygen atoms in total. The van der Waals surface area contributed by atoms with Gasteiger partial charge in [0.05, 0.1) is 6.04 Å². The van der Waals surface area contributed by atoms with Crippen molar-refractivity contribution in [3.63, 3.8) is 0 Å². The number of likely N-dealkylation sites (tertiary alicyclic amines) is 1. The van der Waals surface area contributed by atoms with Gasteiger partial charge in [0.2, 0.25) is 0 Å². The standard InChI is InChI=1S/C30H36N2O3/c1-22-28-20-26(34)12-15-29(28)32(30(22)24-8-10-25(33)11-9-24)21-23-6-13-27(14-7-23)35-19-18-31-16-4-2-3-5-17-31/h6-15,20,22,30,33-34H,2-5,16-19,21H2,1H3. The summed E-state index contributed by atoms with van der Waals surface area (Å²) in [6, 6.07) is 21.7. The molecule has 3 aromatic carbocycles. The topological polar surface area (TPSA) is 56.2 Å². The molecule has 0 aromatic heterocycles. The molecular formula is C30H36N2O3. The predicted molar refractivity (Wildman–Crippen MR) is 140 cm³/mol. The lowest BCUT2D eigenvalue weighted by Crippen LogP contribution is -2.29. The molecule has 0 amide bonds. The predicted octanol–water partition coefficient (Wildman–Crippen LogP) is 6.22. The van der Waals surface area contributed by atoms with Gasteiger partial charge in [-0.2, -0.15) is 0 Å². The van der Waals surface area contributed by atoms with E-state index in [0.29, 0.717) is 5.75 Å². The molecule has 2 atom stereocenters. The highest BCUT2D eigenvalue weighted by atomic mass is 16.5. The summed E-state index contributed by atoms with van der Waals surface area (Å²) < 4.78 is 6.06. The summed E-state index contributed by atoms with van der Waals surface area (Å²) in [5.74, 6) is 1.69. The zero-order valence-electron chi connectivity index (χ0n) is 20.6. The highest BCUT2D eigenvalue weighted by molar-refractivity contribution is 5.65. The van der Waals surface area contributed by atoms with Gasteiger partial charge in [0.25, 0.3) is 0 Å². The van der Waals surface area contributed by atoms with Crippen LogP contribution in [0.1, 0.15) is 61.3 Å². The van der Waals surface area contributed by atoms with Crippen LogP contribution in [-0.2, 0) is 6.54 Å². The minimum absolute atomic E-state index is 0.122. The summed E-state index contributed by atoms with van der Waals surface area (Å²) >= 11 is 0. The van der Waals surface area contributed by atoms with Crippen LogP contribution in [0.15, 0.2) is 66.7 Å². The van der Waals surface area contributed by atoms with E-state index >= 15 is 0 Å². The van der Waals surface area contributed by atoms with E-state index in [-0.39, 0.29) is 17.7 Å². The van der Waals surface area contributed by atoms with Gasteiger partial charge in [0, 0.05) is 24.7 Å². The Balaban J connectivity index is 1.28. The first kappa shape index (κ1) is 23.6. The van der Waals surface area contributed by atoms with Gasteiger partial charge in [-0.25, -0.2) is 0 Å². The molecule has 2 N–H and O–H groups in total. The summed E-state index contributed by atoms with van der Waals surface area (Å²) in [6.45, 7) is 7.06. The number of phenols is 2. The Morgan fingerprint density at radius 3 is 2.23 bits per heavy atom. The van der Waals surface area contributed by atoms with E-state index in [1.54, 1.807) is 18.2 Å². The smallest absolute Gasteiger partial charge is 0.119 e. The molecule has 2 heterocycles. The van der Waals surface area contributed by atoms with Crippen LogP contribution in [-0.4, -0.2) is 41.4 Å². The molecule has 3 aromatic rings. The van der Waals surface area contributed by atoms with Gasteiger partial charge in [0.15, 0.2) is 0 Å². The van der Waals surface area contributed by atoms with E-state index in [2.05, 4.69) is 41.0 Å². The Labute approximate surface area is 208 Å². The first-order chi connectivity index (χ1) is 17.1. The average molecular weight is 473 g/mol. The zero-order chi connectivity index (χ0) is 24.2. The van der Waals surface area contributed by atoms with E-state index < -0.39 is 0 Å². The van der Waals surface area contributed by atoms with Crippen molar-refractivity contribution >= 4 is 5.69 Å². The number of hydrogen-bond donors (Lipinski definition) is 2. The van der Waals surface area contributed by atoms with Crippen molar-refractivity contribution < 1.29 is 14.9 Å². The third kappa shape index (κ3) is 5.40. The fraction of sp³-hybridized carbons (Fsp3) is 0.400. The maximum atomic E-state index is 10.1. The van der Waals surface area contributed by atoms with E-state index in [1.165, 1.54) is 44.3 Å². The summed E-state index contributed by atoms with van der Waals surface area (Å²) in [5.41, 5.74) is 4.66. The van der Waals surface area contributed by atoms with Crippen molar-refractivity contribution in [2.75, 3.05) is 31.1 Å². The molecule has 1 saturated heterocycles. The van der Waals surface area contributed by atoms with Crippen LogP contribution >= 0.6 is 0 Å². The summed E-state index contributed by atoms with van der Waals surface area (Å²) in [7, 11) is 0. The molecule has 2 aliphatic heterocycles. The number of benzene rings is 3. The highest BCUT2D eigenvalue weighted by Crippen LogP contribution is 2.50.